The third-order valence-electron chi connectivity index (χ3n) is 3.96. The average Bonchev–Trinajstić information content (AvgIpc) is 2.66. The lowest BCUT2D eigenvalue weighted by molar-refractivity contribution is -0.145. The molecule has 0 atom stereocenters. The van der Waals surface area contributed by atoms with Crippen LogP contribution in [0.5, 0.6) is 5.88 Å². The van der Waals surface area contributed by atoms with Crippen LogP contribution in [-0.2, 0) is 9.53 Å². The first-order valence-electron chi connectivity index (χ1n) is 8.49. The summed E-state index contributed by atoms with van der Waals surface area (Å²) in [6.07, 6.45) is 0. The van der Waals surface area contributed by atoms with Crippen molar-refractivity contribution >= 4 is 34.3 Å². The second-order valence-corrected chi connectivity index (χ2v) is 6.28. The van der Waals surface area contributed by atoms with Crippen LogP contribution in [0.3, 0.4) is 0 Å². The molecule has 0 aliphatic rings. The molecule has 27 heavy (non-hydrogen) atoms. The van der Waals surface area contributed by atoms with Crippen LogP contribution in [0.1, 0.15) is 24.2 Å². The van der Waals surface area contributed by atoms with Crippen LogP contribution in [-0.4, -0.2) is 30.0 Å². The maximum Gasteiger partial charge on any atom is 0.344 e. The summed E-state index contributed by atoms with van der Waals surface area (Å²) < 4.78 is 10.5. The fourth-order valence-electron chi connectivity index (χ4n) is 2.88. The molecular weight excluding hydrogens is 366 g/mol. The number of Topliss-reactive ketones (excluding diaryl/α,β-unsaturated/α-hetero) is 1. The van der Waals surface area contributed by atoms with Crippen molar-refractivity contribution in [2.24, 2.45) is 0 Å². The first kappa shape index (κ1) is 18.9. The predicted octanol–water partition coefficient (Wildman–Crippen LogP) is 4.70. The first-order valence-corrected chi connectivity index (χ1v) is 8.87. The number of fused-ring (bicyclic) bond motifs is 1. The molecule has 3 aromatic rings. The predicted molar refractivity (Wildman–Crippen MR) is 104 cm³/mol. The molecule has 0 N–H and O–H groups in total. The highest BCUT2D eigenvalue weighted by Gasteiger charge is 2.22. The second kappa shape index (κ2) is 8.18. The summed E-state index contributed by atoms with van der Waals surface area (Å²) in [4.78, 5) is 28.6. The highest BCUT2D eigenvalue weighted by Crippen LogP contribution is 2.37. The second-order valence-electron chi connectivity index (χ2n) is 5.84. The van der Waals surface area contributed by atoms with Crippen molar-refractivity contribution in [3.05, 3.63) is 59.1 Å². The van der Waals surface area contributed by atoms with Gasteiger partial charge in [0, 0.05) is 16.0 Å². The van der Waals surface area contributed by atoms with Crippen LogP contribution in [0, 0.1) is 0 Å². The molecular formula is C21H18ClNO4. The zero-order chi connectivity index (χ0) is 19.4. The Morgan fingerprint density at radius 3 is 2.52 bits per heavy atom. The lowest BCUT2D eigenvalue weighted by Crippen LogP contribution is -2.17. The monoisotopic (exact) mass is 383 g/mol. The molecule has 0 amide bonds. The van der Waals surface area contributed by atoms with Gasteiger partial charge < -0.3 is 9.47 Å². The quantitative estimate of drug-likeness (QED) is 0.456. The zero-order valence-electron chi connectivity index (χ0n) is 15.0. The summed E-state index contributed by atoms with van der Waals surface area (Å²) in [5, 5.41) is 1.28. The summed E-state index contributed by atoms with van der Waals surface area (Å²) in [7, 11) is 0. The van der Waals surface area contributed by atoms with E-state index in [-0.39, 0.29) is 24.9 Å². The zero-order valence-corrected chi connectivity index (χ0v) is 15.7. The molecule has 0 fully saturated rings. The van der Waals surface area contributed by atoms with Crippen molar-refractivity contribution in [3.8, 4) is 17.0 Å². The lowest BCUT2D eigenvalue weighted by atomic mass is 9.94. The van der Waals surface area contributed by atoms with E-state index in [0.717, 1.165) is 10.9 Å². The maximum absolute atomic E-state index is 12.5. The molecule has 0 spiro atoms. The van der Waals surface area contributed by atoms with E-state index in [1.165, 1.54) is 6.92 Å². The Kier molecular flexibility index (Phi) is 5.72. The molecule has 0 saturated heterocycles. The van der Waals surface area contributed by atoms with Crippen molar-refractivity contribution in [1.82, 2.24) is 4.98 Å². The van der Waals surface area contributed by atoms with E-state index in [9.17, 15) is 9.59 Å². The minimum atomic E-state index is -0.522. The minimum Gasteiger partial charge on any atom is -0.465 e. The fourth-order valence-corrected chi connectivity index (χ4v) is 3.05. The first-order chi connectivity index (χ1) is 13.0. The Morgan fingerprint density at radius 1 is 1.11 bits per heavy atom. The van der Waals surface area contributed by atoms with Gasteiger partial charge in [-0.3, -0.25) is 4.79 Å². The molecule has 0 saturated carbocycles. The van der Waals surface area contributed by atoms with Crippen LogP contribution < -0.4 is 4.74 Å². The van der Waals surface area contributed by atoms with Gasteiger partial charge in [-0.15, -0.1) is 0 Å². The molecule has 5 nitrogen and oxygen atoms in total. The molecule has 0 bridgehead atoms. The van der Waals surface area contributed by atoms with E-state index in [1.54, 1.807) is 25.1 Å². The maximum atomic E-state index is 12.5. The summed E-state index contributed by atoms with van der Waals surface area (Å²) >= 11 is 6.18. The number of carbonyl (C=O) groups is 2. The molecule has 0 unspecified atom stereocenters. The fraction of sp³-hybridized carbons (Fsp3) is 0.190. The number of hydrogen-bond donors (Lipinski definition) is 0. The topological polar surface area (TPSA) is 65.5 Å². The third-order valence-corrected chi connectivity index (χ3v) is 4.20. The van der Waals surface area contributed by atoms with Crippen molar-refractivity contribution in [3.63, 3.8) is 0 Å². The number of aromatic nitrogens is 1. The Hall–Kier alpha value is -2.92. The number of carbonyl (C=O) groups excluding carboxylic acids is 2. The molecule has 2 aromatic carbocycles. The van der Waals surface area contributed by atoms with Crippen LogP contribution >= 0.6 is 11.6 Å². The molecule has 1 heterocycles. The lowest BCUT2D eigenvalue weighted by Gasteiger charge is -2.16. The number of benzene rings is 2. The van der Waals surface area contributed by atoms with Gasteiger partial charge in [-0.1, -0.05) is 41.9 Å². The van der Waals surface area contributed by atoms with Gasteiger partial charge in [0.1, 0.15) is 0 Å². The van der Waals surface area contributed by atoms with Crippen LogP contribution in [0.2, 0.25) is 5.02 Å². The smallest absolute Gasteiger partial charge is 0.344 e. The number of nitrogens with zero attached hydrogens (tertiary/aromatic N) is 1. The van der Waals surface area contributed by atoms with Gasteiger partial charge in [0.15, 0.2) is 12.4 Å². The average molecular weight is 384 g/mol. The van der Waals surface area contributed by atoms with E-state index < -0.39 is 5.97 Å². The standard InChI is InChI=1S/C21H18ClNO4/c1-3-26-18(25)12-27-21-19(13(2)24)20(14-7-5-4-6-8-14)16-11-15(22)9-10-17(16)23-21/h4-11H,3,12H2,1-2H3. The molecule has 1 aromatic heterocycles. The molecule has 0 radical (unpaired) electrons. The Balaban J connectivity index is 2.24. The van der Waals surface area contributed by atoms with E-state index in [0.29, 0.717) is 21.7 Å². The molecule has 0 aliphatic carbocycles. The summed E-state index contributed by atoms with van der Waals surface area (Å²) in [6.45, 7) is 3.08. The van der Waals surface area contributed by atoms with Gasteiger partial charge >= 0.3 is 5.97 Å². The van der Waals surface area contributed by atoms with Crippen LogP contribution in [0.25, 0.3) is 22.0 Å². The van der Waals surface area contributed by atoms with Gasteiger partial charge in [0.05, 0.1) is 17.7 Å². The molecule has 3 rings (SSSR count). The van der Waals surface area contributed by atoms with Gasteiger partial charge in [0.2, 0.25) is 5.88 Å². The van der Waals surface area contributed by atoms with Crippen molar-refractivity contribution < 1.29 is 19.1 Å². The van der Waals surface area contributed by atoms with Crippen molar-refractivity contribution in [2.75, 3.05) is 13.2 Å². The number of esters is 1. The molecule has 0 aliphatic heterocycles. The summed E-state index contributed by atoms with van der Waals surface area (Å²) in [5.74, 6) is -0.641. The Bertz CT molecular complexity index is 1000. The number of rotatable bonds is 6. The highest BCUT2D eigenvalue weighted by molar-refractivity contribution is 6.31. The Labute approximate surface area is 161 Å². The van der Waals surface area contributed by atoms with Gasteiger partial charge in [0.25, 0.3) is 0 Å². The molecule has 6 heteroatoms. The summed E-state index contributed by atoms with van der Waals surface area (Å²) in [5.41, 5.74) is 2.43. The van der Waals surface area contributed by atoms with Crippen molar-refractivity contribution in [1.29, 1.82) is 0 Å². The number of halogens is 1. The van der Waals surface area contributed by atoms with Gasteiger partial charge in [-0.2, -0.15) is 0 Å². The number of hydrogen-bond acceptors (Lipinski definition) is 5. The number of pyridine rings is 1. The van der Waals surface area contributed by atoms with Crippen LogP contribution in [0.4, 0.5) is 0 Å². The van der Waals surface area contributed by atoms with Crippen molar-refractivity contribution in [2.45, 2.75) is 13.8 Å². The van der Waals surface area contributed by atoms with E-state index in [1.807, 2.05) is 30.3 Å². The van der Waals surface area contributed by atoms with Crippen LogP contribution in [0.15, 0.2) is 48.5 Å². The minimum absolute atomic E-state index is 0.101. The van der Waals surface area contributed by atoms with Gasteiger partial charge in [-0.05, 0) is 37.6 Å². The van der Waals surface area contributed by atoms with E-state index in [4.69, 9.17) is 21.1 Å². The largest absolute Gasteiger partial charge is 0.465 e. The number of ether oxygens (including phenoxy) is 2. The third kappa shape index (κ3) is 4.09. The SMILES string of the molecule is CCOC(=O)COc1nc2ccc(Cl)cc2c(-c2ccccc2)c1C(C)=O. The van der Waals surface area contributed by atoms with E-state index >= 15 is 0 Å². The van der Waals surface area contributed by atoms with E-state index in [2.05, 4.69) is 4.98 Å². The normalized spacial score (nSPS) is 10.6. The molecule has 138 valence electrons. The summed E-state index contributed by atoms with van der Waals surface area (Å²) in [6, 6.07) is 14.7. The Morgan fingerprint density at radius 2 is 1.85 bits per heavy atom. The van der Waals surface area contributed by atoms with Gasteiger partial charge in [-0.25, -0.2) is 9.78 Å². The number of ketones is 1. The highest BCUT2D eigenvalue weighted by atomic mass is 35.5.